The molecule has 0 aliphatic rings. The van der Waals surface area contributed by atoms with Gasteiger partial charge in [-0.3, -0.25) is 0 Å². The number of benzene rings is 2. The number of thiazole rings is 1. The van der Waals surface area contributed by atoms with E-state index < -0.39 is 5.25 Å². The minimum absolute atomic E-state index is 0.0861. The Morgan fingerprint density at radius 3 is 2.67 bits per heavy atom. The van der Waals surface area contributed by atoms with Crippen molar-refractivity contribution in [3.05, 3.63) is 65.1 Å². The number of fused-ring (bicyclic) bond motifs is 1. The number of hydrogen-bond donors (Lipinski definition) is 1. The van der Waals surface area contributed by atoms with Gasteiger partial charge >= 0.3 is 0 Å². The highest BCUT2D eigenvalue weighted by Gasteiger charge is 2.22. The van der Waals surface area contributed by atoms with E-state index >= 15 is 0 Å². The molecule has 2 aromatic carbocycles. The van der Waals surface area contributed by atoms with Crippen molar-refractivity contribution in [3.8, 4) is 17.5 Å². The van der Waals surface area contributed by atoms with Crippen LogP contribution in [0.15, 0.2) is 59.4 Å². The summed E-state index contributed by atoms with van der Waals surface area (Å²) in [5, 5.41) is 29.1. The van der Waals surface area contributed by atoms with Gasteiger partial charge in [-0.2, -0.15) is 5.26 Å². The number of nitrogens with zero attached hydrogens (tertiary/aromatic N) is 5. The number of thioether (sulfide) groups is 1. The fourth-order valence-electron chi connectivity index (χ4n) is 2.91. The van der Waals surface area contributed by atoms with Crippen molar-refractivity contribution in [2.75, 3.05) is 0 Å². The number of aliphatic hydroxyl groups is 1. The van der Waals surface area contributed by atoms with E-state index in [0.717, 1.165) is 10.2 Å². The van der Waals surface area contributed by atoms with Gasteiger partial charge in [0.1, 0.15) is 28.2 Å². The van der Waals surface area contributed by atoms with E-state index in [0.29, 0.717) is 21.6 Å². The molecule has 6 nitrogen and oxygen atoms in total. The number of aromatic nitrogens is 4. The molecule has 2 heterocycles. The molecular formula is C21H16FN5OS2. The third-order valence-electron chi connectivity index (χ3n) is 4.49. The lowest BCUT2D eigenvalue weighted by Crippen LogP contribution is -2.06. The summed E-state index contributed by atoms with van der Waals surface area (Å²) in [7, 11) is 1.73. The molecule has 0 saturated carbocycles. The molecular weight excluding hydrogens is 421 g/mol. The first-order valence-electron chi connectivity index (χ1n) is 8.99. The van der Waals surface area contributed by atoms with Gasteiger partial charge in [0.05, 0.1) is 21.0 Å². The second-order valence-corrected chi connectivity index (χ2v) is 8.80. The Labute approximate surface area is 180 Å². The van der Waals surface area contributed by atoms with Gasteiger partial charge in [0, 0.05) is 7.05 Å². The van der Waals surface area contributed by atoms with Crippen LogP contribution in [0.2, 0.25) is 0 Å². The van der Waals surface area contributed by atoms with Crippen LogP contribution >= 0.6 is 23.1 Å². The van der Waals surface area contributed by atoms with E-state index in [9.17, 15) is 14.8 Å². The molecule has 1 unspecified atom stereocenters. The molecule has 4 aromatic rings. The van der Waals surface area contributed by atoms with Crippen molar-refractivity contribution < 1.29 is 9.50 Å². The summed E-state index contributed by atoms with van der Waals surface area (Å²) in [6.45, 7) is 1.77. The topological polar surface area (TPSA) is 87.6 Å². The first kappa shape index (κ1) is 20.1. The minimum atomic E-state index is -0.483. The lowest BCUT2D eigenvalue weighted by molar-refractivity contribution is 0.402. The van der Waals surface area contributed by atoms with Crippen molar-refractivity contribution in [2.24, 2.45) is 7.05 Å². The predicted molar refractivity (Wildman–Crippen MR) is 116 cm³/mol. The number of aliphatic hydroxyl groups excluding tert-OH is 1. The Morgan fingerprint density at radius 1 is 1.20 bits per heavy atom. The highest BCUT2D eigenvalue weighted by molar-refractivity contribution is 7.99. The van der Waals surface area contributed by atoms with Crippen LogP contribution in [0.5, 0.6) is 0 Å². The number of halogens is 1. The van der Waals surface area contributed by atoms with Gasteiger partial charge in [0.15, 0.2) is 11.0 Å². The van der Waals surface area contributed by atoms with Crippen molar-refractivity contribution in [2.45, 2.75) is 17.3 Å². The zero-order valence-electron chi connectivity index (χ0n) is 16.1. The molecule has 0 amide bonds. The predicted octanol–water partition coefficient (Wildman–Crippen LogP) is 5.20. The third-order valence-corrected chi connectivity index (χ3v) is 6.69. The van der Waals surface area contributed by atoms with Crippen LogP contribution in [0.25, 0.3) is 27.2 Å². The van der Waals surface area contributed by atoms with Crippen LogP contribution < -0.4 is 0 Å². The monoisotopic (exact) mass is 437 g/mol. The lowest BCUT2D eigenvalue weighted by atomic mass is 10.2. The molecule has 0 fully saturated rings. The van der Waals surface area contributed by atoms with Gasteiger partial charge in [0.25, 0.3) is 0 Å². The maximum Gasteiger partial charge on any atom is 0.191 e. The zero-order valence-corrected chi connectivity index (χ0v) is 17.7. The van der Waals surface area contributed by atoms with Gasteiger partial charge < -0.3 is 9.67 Å². The summed E-state index contributed by atoms with van der Waals surface area (Å²) in [6.07, 6.45) is 0. The van der Waals surface area contributed by atoms with Crippen molar-refractivity contribution in [1.82, 2.24) is 19.7 Å². The number of allylic oxidation sites excluding steroid dienone is 1. The maximum atomic E-state index is 14.1. The molecule has 0 bridgehead atoms. The van der Waals surface area contributed by atoms with E-state index in [4.69, 9.17) is 0 Å². The fraction of sp³-hybridized carbons (Fsp3) is 0.143. The zero-order chi connectivity index (χ0) is 21.3. The maximum absolute atomic E-state index is 14.1. The number of rotatable bonds is 5. The molecule has 1 atom stereocenters. The first-order chi connectivity index (χ1) is 14.5. The van der Waals surface area contributed by atoms with E-state index in [1.807, 2.05) is 24.3 Å². The average molecular weight is 438 g/mol. The smallest absolute Gasteiger partial charge is 0.191 e. The molecule has 1 N–H and O–H groups in total. The standard InChI is InChI=1S/C21H16FN5OS2/c1-12(18(28)14(11-23)20-24-16-9-5-6-10-17(16)30-20)29-21-26-25-19(27(21)2)13-7-3-4-8-15(13)22/h3-10,12,28H,1-2H3/b18-14-. The van der Waals surface area contributed by atoms with Crippen LogP contribution in [0.4, 0.5) is 4.39 Å². The van der Waals surface area contributed by atoms with E-state index in [-0.39, 0.29) is 17.1 Å². The average Bonchev–Trinajstić information content (AvgIpc) is 3.32. The first-order valence-corrected chi connectivity index (χ1v) is 10.7. The van der Waals surface area contributed by atoms with Gasteiger partial charge in [0.2, 0.25) is 0 Å². The van der Waals surface area contributed by atoms with Crippen LogP contribution in [-0.4, -0.2) is 30.1 Å². The second-order valence-electron chi connectivity index (χ2n) is 6.46. The Kier molecular flexibility index (Phi) is 5.53. The quantitative estimate of drug-likeness (QED) is 0.262. The summed E-state index contributed by atoms with van der Waals surface area (Å²) in [5.41, 5.74) is 1.26. The molecule has 9 heteroatoms. The summed E-state index contributed by atoms with van der Waals surface area (Å²) in [4.78, 5) is 4.46. The van der Waals surface area contributed by atoms with E-state index in [1.54, 1.807) is 36.7 Å². The highest BCUT2D eigenvalue weighted by Crippen LogP contribution is 2.34. The molecule has 150 valence electrons. The largest absolute Gasteiger partial charge is 0.510 e. The molecule has 0 radical (unpaired) electrons. The van der Waals surface area contributed by atoms with Crippen LogP contribution in [-0.2, 0) is 7.05 Å². The second kappa shape index (κ2) is 8.26. The van der Waals surface area contributed by atoms with Gasteiger partial charge in [-0.1, -0.05) is 36.0 Å². The molecule has 30 heavy (non-hydrogen) atoms. The van der Waals surface area contributed by atoms with Crippen molar-refractivity contribution in [3.63, 3.8) is 0 Å². The molecule has 0 aliphatic heterocycles. The summed E-state index contributed by atoms with van der Waals surface area (Å²) in [6, 6.07) is 16.0. The van der Waals surface area contributed by atoms with Crippen molar-refractivity contribution >= 4 is 38.9 Å². The fourth-order valence-corrected chi connectivity index (χ4v) is 4.75. The van der Waals surface area contributed by atoms with Gasteiger partial charge in [-0.15, -0.1) is 21.5 Å². The highest BCUT2D eigenvalue weighted by atomic mass is 32.2. The molecule has 4 rings (SSSR count). The Hall–Kier alpha value is -3.22. The summed E-state index contributed by atoms with van der Waals surface area (Å²) < 4.78 is 16.7. The van der Waals surface area contributed by atoms with Gasteiger partial charge in [-0.25, -0.2) is 9.37 Å². The molecule has 0 aliphatic carbocycles. The van der Waals surface area contributed by atoms with Crippen LogP contribution in [0.3, 0.4) is 0 Å². The van der Waals surface area contributed by atoms with Gasteiger partial charge in [-0.05, 0) is 31.2 Å². The number of nitriles is 1. The molecule has 2 aromatic heterocycles. The number of para-hydroxylation sites is 1. The van der Waals surface area contributed by atoms with E-state index in [2.05, 4.69) is 21.3 Å². The number of hydrogen-bond acceptors (Lipinski definition) is 7. The Bertz CT molecular complexity index is 1270. The normalized spacial score (nSPS) is 13.1. The van der Waals surface area contributed by atoms with Crippen LogP contribution in [0, 0.1) is 17.1 Å². The Morgan fingerprint density at radius 2 is 1.93 bits per heavy atom. The minimum Gasteiger partial charge on any atom is -0.510 e. The van der Waals surface area contributed by atoms with Crippen molar-refractivity contribution in [1.29, 1.82) is 5.26 Å². The van der Waals surface area contributed by atoms with E-state index in [1.165, 1.54) is 29.2 Å². The SMILES string of the molecule is CC(Sc1nnc(-c2ccccc2F)n1C)/C(O)=C(\C#N)c1nc2ccccc2s1. The lowest BCUT2D eigenvalue weighted by Gasteiger charge is -2.11. The molecule has 0 spiro atoms. The summed E-state index contributed by atoms with van der Waals surface area (Å²) in [5.74, 6) is -0.0853. The summed E-state index contributed by atoms with van der Waals surface area (Å²) >= 11 is 2.58. The molecule has 0 saturated heterocycles. The third kappa shape index (κ3) is 3.67. The Balaban J connectivity index is 1.64. The van der Waals surface area contributed by atoms with Crippen LogP contribution in [0.1, 0.15) is 11.9 Å².